The van der Waals surface area contributed by atoms with Crippen molar-refractivity contribution in [3.63, 3.8) is 0 Å². The van der Waals surface area contributed by atoms with E-state index in [4.69, 9.17) is 52.8 Å². The Morgan fingerprint density at radius 1 is 0.686 bits per heavy atom. The Kier molecular flexibility index (Phi) is 13.6. The number of sulfonamides is 1. The molecule has 3 aromatic carbocycles. The van der Waals surface area contributed by atoms with Crippen molar-refractivity contribution < 1.29 is 40.6 Å². The predicted octanol–water partition coefficient (Wildman–Crippen LogP) is 9.53. The molecule has 0 bridgehead atoms. The average molecular weight is 925 g/mol. The Bertz CT molecular complexity index is 2300. The van der Waals surface area contributed by atoms with Crippen LogP contribution in [0.3, 0.4) is 0 Å². The number of nitrogens with zero attached hydrogens (tertiary/aromatic N) is 2. The minimum Gasteiger partial charge on any atom is -0.493 e. The molecule has 0 fully saturated rings. The van der Waals surface area contributed by atoms with E-state index in [-0.39, 0.29) is 47.5 Å². The number of ether oxygens (including phenoxy) is 4. The molecular weight excluding hydrogens is 901 g/mol. The van der Waals surface area contributed by atoms with Gasteiger partial charge in [-0.15, -0.1) is 0 Å². The van der Waals surface area contributed by atoms with E-state index < -0.39 is 19.1 Å². The van der Waals surface area contributed by atoms with Gasteiger partial charge in [-0.05, 0) is 63.0 Å². The van der Waals surface area contributed by atoms with Crippen LogP contribution in [0.4, 0.5) is 5.69 Å². The summed E-state index contributed by atoms with van der Waals surface area (Å²) in [5, 5.41) is 0.801. The van der Waals surface area contributed by atoms with Gasteiger partial charge >= 0.3 is 0 Å². The van der Waals surface area contributed by atoms with Gasteiger partial charge < -0.3 is 18.9 Å². The summed E-state index contributed by atoms with van der Waals surface area (Å²) in [6.45, 7) is 1.44. The Morgan fingerprint density at radius 3 is 1.55 bits per heavy atom. The molecule has 0 amide bonds. The first-order chi connectivity index (χ1) is 24.0. The van der Waals surface area contributed by atoms with Crippen LogP contribution >= 0.6 is 65.7 Å². The first kappa shape index (κ1) is 40.1. The molecule has 0 spiro atoms. The SMILES string of the molecule is COc1cc(S(=O)(=O)Cl)c(Br)cc1Oc1cncc(Cl)c1.COc1cc(S(=O)(=O)Nc2ccc(C(C)=O)cc2)c(Br)cc1Oc1cncc(Cl)c1. The number of anilines is 1. The van der Waals surface area contributed by atoms with Crippen LogP contribution < -0.4 is 23.7 Å². The number of carbonyl (C=O) groups excluding carboxylic acids is 1. The standard InChI is InChI=1S/C20H16BrClN2O5S.C12H8BrCl2NO4S/c1-12(25)13-3-5-15(6-4-13)24-30(26,27)20-9-18(28-2)19(8-17(20)21)29-16-7-14(22)10-23-11-16;1-19-10-4-12(21(15,17)18)9(13)3-11(10)20-8-2-7(14)5-16-6-8/h3-11,24H,1-2H3;2-6H,1H3. The van der Waals surface area contributed by atoms with E-state index in [2.05, 4.69) is 46.5 Å². The third-order valence-electron chi connectivity index (χ3n) is 6.35. The van der Waals surface area contributed by atoms with Gasteiger partial charge in [-0.1, -0.05) is 23.2 Å². The van der Waals surface area contributed by atoms with Gasteiger partial charge in [0, 0.05) is 79.7 Å². The number of rotatable bonds is 11. The fourth-order valence-electron chi connectivity index (χ4n) is 4.04. The van der Waals surface area contributed by atoms with Gasteiger partial charge in [0.2, 0.25) is 0 Å². The first-order valence-corrected chi connectivity index (χ1v) is 20.0. The quantitative estimate of drug-likeness (QED) is 0.0993. The molecule has 19 heteroatoms. The van der Waals surface area contributed by atoms with Crippen molar-refractivity contribution in [2.75, 3.05) is 18.9 Å². The molecule has 2 aromatic heterocycles. The highest BCUT2D eigenvalue weighted by Gasteiger charge is 2.23. The van der Waals surface area contributed by atoms with E-state index in [0.717, 1.165) is 0 Å². The van der Waals surface area contributed by atoms with Crippen LogP contribution in [0.5, 0.6) is 34.5 Å². The smallest absolute Gasteiger partial charge is 0.263 e. The summed E-state index contributed by atoms with van der Waals surface area (Å²) in [5.41, 5.74) is 0.800. The summed E-state index contributed by atoms with van der Waals surface area (Å²) in [5.74, 6) is 1.61. The van der Waals surface area contributed by atoms with Crippen LogP contribution in [-0.2, 0) is 19.1 Å². The lowest BCUT2D eigenvalue weighted by atomic mass is 10.1. The normalized spacial score (nSPS) is 11.1. The van der Waals surface area contributed by atoms with Gasteiger partial charge in [0.25, 0.3) is 19.1 Å². The minimum absolute atomic E-state index is 0.0495. The fourth-order valence-corrected chi connectivity index (χ4v) is 8.63. The minimum atomic E-state index is -3.96. The van der Waals surface area contributed by atoms with Crippen LogP contribution in [0, 0.1) is 0 Å². The third kappa shape index (κ3) is 10.9. The van der Waals surface area contributed by atoms with Gasteiger partial charge in [0.05, 0.1) is 36.7 Å². The van der Waals surface area contributed by atoms with E-state index in [1.54, 1.807) is 24.3 Å². The second-order valence-corrected chi connectivity index (χ2v) is 16.7. The van der Waals surface area contributed by atoms with Crippen LogP contribution in [0.2, 0.25) is 10.0 Å². The molecule has 0 aliphatic heterocycles. The summed E-state index contributed by atoms with van der Waals surface area (Å²) < 4.78 is 73.4. The van der Waals surface area contributed by atoms with Crippen molar-refractivity contribution in [2.24, 2.45) is 0 Å². The largest absolute Gasteiger partial charge is 0.493 e. The van der Waals surface area contributed by atoms with Crippen molar-refractivity contribution in [3.05, 3.63) is 110 Å². The molecule has 1 N–H and O–H groups in total. The van der Waals surface area contributed by atoms with Crippen molar-refractivity contribution in [2.45, 2.75) is 16.7 Å². The van der Waals surface area contributed by atoms with Crippen LogP contribution in [0.1, 0.15) is 17.3 Å². The zero-order valence-corrected chi connectivity index (χ0v) is 33.4. The molecule has 2 heterocycles. The summed E-state index contributed by atoms with van der Waals surface area (Å²) in [7, 11) is 0.267. The molecule has 12 nitrogen and oxygen atoms in total. The molecule has 0 saturated heterocycles. The highest BCUT2D eigenvalue weighted by atomic mass is 79.9. The van der Waals surface area contributed by atoms with Gasteiger partial charge in [-0.3, -0.25) is 19.5 Å². The Labute approximate surface area is 324 Å². The number of benzene rings is 3. The zero-order chi connectivity index (χ0) is 37.5. The van der Waals surface area contributed by atoms with Crippen LogP contribution in [0.25, 0.3) is 0 Å². The molecule has 5 rings (SSSR count). The molecule has 0 unspecified atom stereocenters. The number of Topliss-reactive ketones (excluding diaryl/α,β-unsaturated/α-hetero) is 1. The molecule has 0 radical (unpaired) electrons. The maximum Gasteiger partial charge on any atom is 0.263 e. The van der Waals surface area contributed by atoms with Gasteiger partial charge in [-0.25, -0.2) is 16.8 Å². The maximum absolute atomic E-state index is 12.9. The molecule has 268 valence electrons. The number of nitrogens with one attached hydrogen (secondary N) is 1. The first-order valence-electron chi connectivity index (χ1n) is 13.9. The molecule has 5 aromatic rings. The number of ketones is 1. The second-order valence-electron chi connectivity index (χ2n) is 9.93. The fraction of sp³-hybridized carbons (Fsp3) is 0.0938. The number of hydrogen-bond donors (Lipinski definition) is 1. The van der Waals surface area contributed by atoms with Gasteiger partial charge in [0.15, 0.2) is 28.8 Å². The molecular formula is C32H24Br2Cl3N3O9S2. The lowest BCUT2D eigenvalue weighted by Gasteiger charge is -2.15. The summed E-state index contributed by atoms with van der Waals surface area (Å²) in [4.78, 5) is 19.0. The highest BCUT2D eigenvalue weighted by Crippen LogP contribution is 2.40. The molecule has 0 atom stereocenters. The maximum atomic E-state index is 12.9. The Hall–Kier alpha value is -3.64. The third-order valence-corrected chi connectivity index (χ3v) is 11.4. The molecule has 51 heavy (non-hydrogen) atoms. The Balaban J connectivity index is 0.000000244. The van der Waals surface area contributed by atoms with Crippen molar-refractivity contribution in [1.29, 1.82) is 0 Å². The number of methoxy groups -OCH3 is 2. The molecule has 0 saturated carbocycles. The van der Waals surface area contributed by atoms with Gasteiger partial charge in [0.1, 0.15) is 21.3 Å². The average Bonchev–Trinajstić information content (AvgIpc) is 3.05. The lowest BCUT2D eigenvalue weighted by molar-refractivity contribution is 0.101. The monoisotopic (exact) mass is 921 g/mol. The number of pyridine rings is 2. The number of hydrogen-bond acceptors (Lipinski definition) is 11. The topological polar surface area (TPSA) is 160 Å². The van der Waals surface area contributed by atoms with Crippen molar-refractivity contribution in [1.82, 2.24) is 9.97 Å². The summed E-state index contributed by atoms with van der Waals surface area (Å²) in [6, 6.07) is 14.8. The predicted molar refractivity (Wildman–Crippen MR) is 200 cm³/mol. The van der Waals surface area contributed by atoms with E-state index in [9.17, 15) is 21.6 Å². The van der Waals surface area contributed by atoms with E-state index in [1.165, 1.54) is 82.3 Å². The highest BCUT2D eigenvalue weighted by molar-refractivity contribution is 9.10. The van der Waals surface area contributed by atoms with E-state index >= 15 is 0 Å². The summed E-state index contributed by atoms with van der Waals surface area (Å²) >= 11 is 18.1. The van der Waals surface area contributed by atoms with Crippen LogP contribution in [0.15, 0.2) is 104 Å². The number of carbonyl (C=O) groups is 1. The Morgan fingerprint density at radius 2 is 1.14 bits per heavy atom. The van der Waals surface area contributed by atoms with E-state index in [1.807, 2.05) is 0 Å². The number of aromatic nitrogens is 2. The van der Waals surface area contributed by atoms with Crippen molar-refractivity contribution >= 4 is 96.3 Å². The van der Waals surface area contributed by atoms with Crippen molar-refractivity contribution in [3.8, 4) is 34.5 Å². The second kappa shape index (κ2) is 17.3. The molecule has 0 aliphatic rings. The summed E-state index contributed by atoms with van der Waals surface area (Å²) in [6.07, 6.45) is 5.86. The van der Waals surface area contributed by atoms with Gasteiger partial charge in [-0.2, -0.15) is 0 Å². The molecule has 0 aliphatic carbocycles. The zero-order valence-electron chi connectivity index (χ0n) is 26.4. The number of halogens is 5. The van der Waals surface area contributed by atoms with E-state index in [0.29, 0.717) is 32.8 Å². The lowest BCUT2D eigenvalue weighted by Crippen LogP contribution is -2.14. The van der Waals surface area contributed by atoms with Crippen LogP contribution in [-0.4, -0.2) is 46.8 Å².